The van der Waals surface area contributed by atoms with E-state index in [1.54, 1.807) is 12.4 Å². The molecule has 1 aromatic heterocycles. The molecule has 3 rings (SSSR count). The van der Waals surface area contributed by atoms with Crippen LogP contribution in [0.4, 0.5) is 0 Å². The van der Waals surface area contributed by atoms with Gasteiger partial charge in [-0.1, -0.05) is 23.8 Å². The molecule has 0 spiro atoms. The lowest BCUT2D eigenvalue weighted by atomic mass is 9.99. The molecule has 1 aromatic carbocycles. The standard InChI is InChI=1S/C19H22N2O2/c1-13-5-6-14(2)18(8-13)15-9-16(11-20-10-15)19(22)21-12-17-4-3-7-23-17/h5-6,8-11,17H,3-4,7,12H2,1-2H3,(H,21,22). The number of benzene rings is 1. The van der Waals surface area contributed by atoms with Crippen LogP contribution >= 0.6 is 0 Å². The van der Waals surface area contributed by atoms with E-state index in [2.05, 4.69) is 42.3 Å². The third-order valence-corrected chi connectivity index (χ3v) is 4.22. The number of aryl methyl sites for hydroxylation is 2. The lowest BCUT2D eigenvalue weighted by Crippen LogP contribution is -2.31. The Morgan fingerprint density at radius 2 is 2.17 bits per heavy atom. The van der Waals surface area contributed by atoms with E-state index < -0.39 is 0 Å². The van der Waals surface area contributed by atoms with E-state index in [4.69, 9.17) is 4.74 Å². The minimum absolute atomic E-state index is 0.0971. The summed E-state index contributed by atoms with van der Waals surface area (Å²) in [6, 6.07) is 8.21. The molecule has 120 valence electrons. The van der Waals surface area contributed by atoms with Crippen LogP contribution in [0.1, 0.15) is 34.3 Å². The number of hydrogen-bond acceptors (Lipinski definition) is 3. The fourth-order valence-corrected chi connectivity index (χ4v) is 2.87. The van der Waals surface area contributed by atoms with Crippen LogP contribution in [0.3, 0.4) is 0 Å². The van der Waals surface area contributed by atoms with Crippen molar-refractivity contribution in [2.24, 2.45) is 0 Å². The van der Waals surface area contributed by atoms with Crippen molar-refractivity contribution in [2.45, 2.75) is 32.8 Å². The van der Waals surface area contributed by atoms with Gasteiger partial charge in [0, 0.05) is 31.1 Å². The Bertz CT molecular complexity index is 706. The molecule has 1 N–H and O–H groups in total. The zero-order valence-electron chi connectivity index (χ0n) is 13.6. The van der Waals surface area contributed by atoms with Crippen molar-refractivity contribution in [2.75, 3.05) is 13.2 Å². The highest BCUT2D eigenvalue weighted by Gasteiger charge is 2.17. The molecule has 0 radical (unpaired) electrons. The summed E-state index contributed by atoms with van der Waals surface area (Å²) in [7, 11) is 0. The van der Waals surface area contributed by atoms with Gasteiger partial charge in [-0.05, 0) is 43.9 Å². The highest BCUT2D eigenvalue weighted by molar-refractivity contribution is 5.95. The SMILES string of the molecule is Cc1ccc(C)c(-c2cncc(C(=O)NCC3CCCO3)c2)c1. The number of rotatable bonds is 4. The average molecular weight is 310 g/mol. The number of ether oxygens (including phenoxy) is 1. The first-order chi connectivity index (χ1) is 11.1. The molecule has 1 saturated heterocycles. The fourth-order valence-electron chi connectivity index (χ4n) is 2.87. The van der Waals surface area contributed by atoms with E-state index in [1.807, 2.05) is 6.07 Å². The third-order valence-electron chi connectivity index (χ3n) is 4.22. The van der Waals surface area contributed by atoms with E-state index in [0.29, 0.717) is 12.1 Å². The summed E-state index contributed by atoms with van der Waals surface area (Å²) >= 11 is 0. The van der Waals surface area contributed by atoms with Gasteiger partial charge in [0.1, 0.15) is 0 Å². The van der Waals surface area contributed by atoms with E-state index in [-0.39, 0.29) is 12.0 Å². The van der Waals surface area contributed by atoms with Crippen LogP contribution in [0.15, 0.2) is 36.7 Å². The van der Waals surface area contributed by atoms with Gasteiger partial charge in [0.2, 0.25) is 0 Å². The maximum Gasteiger partial charge on any atom is 0.252 e. The van der Waals surface area contributed by atoms with Crippen molar-refractivity contribution in [1.82, 2.24) is 10.3 Å². The van der Waals surface area contributed by atoms with Gasteiger partial charge in [0.15, 0.2) is 0 Å². The van der Waals surface area contributed by atoms with Crippen LogP contribution in [0, 0.1) is 13.8 Å². The Morgan fingerprint density at radius 3 is 2.96 bits per heavy atom. The first kappa shape index (κ1) is 15.7. The van der Waals surface area contributed by atoms with E-state index in [0.717, 1.165) is 30.6 Å². The number of carbonyl (C=O) groups is 1. The highest BCUT2D eigenvalue weighted by Crippen LogP contribution is 2.24. The molecule has 4 heteroatoms. The second-order valence-corrected chi connectivity index (χ2v) is 6.13. The van der Waals surface area contributed by atoms with Crippen LogP contribution in [0.25, 0.3) is 11.1 Å². The Hall–Kier alpha value is -2.20. The van der Waals surface area contributed by atoms with Crippen LogP contribution in [0.2, 0.25) is 0 Å². The molecule has 0 saturated carbocycles. The van der Waals surface area contributed by atoms with E-state index in [1.165, 1.54) is 11.1 Å². The third kappa shape index (κ3) is 3.77. The van der Waals surface area contributed by atoms with Gasteiger partial charge in [0.25, 0.3) is 5.91 Å². The van der Waals surface area contributed by atoms with Gasteiger partial charge < -0.3 is 10.1 Å². The van der Waals surface area contributed by atoms with Crippen molar-refractivity contribution in [3.8, 4) is 11.1 Å². The summed E-state index contributed by atoms with van der Waals surface area (Å²) in [5.41, 5.74) is 5.04. The molecular weight excluding hydrogens is 288 g/mol. The molecule has 1 amide bonds. The molecule has 1 aliphatic rings. The lowest BCUT2D eigenvalue weighted by molar-refractivity contribution is 0.0857. The summed E-state index contributed by atoms with van der Waals surface area (Å²) in [5.74, 6) is -0.0971. The molecule has 1 fully saturated rings. The van der Waals surface area contributed by atoms with Crippen molar-refractivity contribution in [3.63, 3.8) is 0 Å². The zero-order chi connectivity index (χ0) is 16.2. The van der Waals surface area contributed by atoms with E-state index >= 15 is 0 Å². The normalized spacial score (nSPS) is 17.2. The first-order valence-corrected chi connectivity index (χ1v) is 8.06. The Labute approximate surface area is 136 Å². The van der Waals surface area contributed by atoms with Crippen LogP contribution in [-0.4, -0.2) is 30.1 Å². The number of nitrogens with one attached hydrogen (secondary N) is 1. The van der Waals surface area contributed by atoms with Gasteiger partial charge in [-0.2, -0.15) is 0 Å². The smallest absolute Gasteiger partial charge is 0.252 e. The monoisotopic (exact) mass is 310 g/mol. The highest BCUT2D eigenvalue weighted by atomic mass is 16.5. The van der Waals surface area contributed by atoms with Crippen molar-refractivity contribution >= 4 is 5.91 Å². The lowest BCUT2D eigenvalue weighted by Gasteiger charge is -2.12. The molecule has 0 bridgehead atoms. The number of hydrogen-bond donors (Lipinski definition) is 1. The average Bonchev–Trinajstić information content (AvgIpc) is 3.08. The van der Waals surface area contributed by atoms with Gasteiger partial charge in [-0.25, -0.2) is 0 Å². The molecule has 0 aliphatic carbocycles. The molecule has 2 aromatic rings. The molecule has 1 aliphatic heterocycles. The summed E-state index contributed by atoms with van der Waals surface area (Å²) in [5, 5.41) is 2.94. The topological polar surface area (TPSA) is 51.2 Å². The van der Waals surface area contributed by atoms with Gasteiger partial charge in [-0.3, -0.25) is 9.78 Å². The number of carbonyl (C=O) groups excluding carboxylic acids is 1. The van der Waals surface area contributed by atoms with Gasteiger partial charge in [0.05, 0.1) is 11.7 Å². The van der Waals surface area contributed by atoms with Crippen LogP contribution in [0.5, 0.6) is 0 Å². The molecule has 2 heterocycles. The number of nitrogens with zero attached hydrogens (tertiary/aromatic N) is 1. The van der Waals surface area contributed by atoms with Gasteiger partial charge >= 0.3 is 0 Å². The van der Waals surface area contributed by atoms with Crippen LogP contribution in [-0.2, 0) is 4.74 Å². The fraction of sp³-hybridized carbons (Fsp3) is 0.368. The maximum absolute atomic E-state index is 12.3. The second-order valence-electron chi connectivity index (χ2n) is 6.13. The quantitative estimate of drug-likeness (QED) is 0.943. The predicted octanol–water partition coefficient (Wildman–Crippen LogP) is 3.27. The second kappa shape index (κ2) is 6.92. The number of amides is 1. The predicted molar refractivity (Wildman–Crippen MR) is 90.5 cm³/mol. The minimum atomic E-state index is -0.0971. The molecule has 4 nitrogen and oxygen atoms in total. The summed E-state index contributed by atoms with van der Waals surface area (Å²) in [6.07, 6.45) is 5.65. The maximum atomic E-state index is 12.3. The zero-order valence-corrected chi connectivity index (χ0v) is 13.6. The number of pyridine rings is 1. The van der Waals surface area contributed by atoms with Crippen molar-refractivity contribution in [3.05, 3.63) is 53.3 Å². The van der Waals surface area contributed by atoms with E-state index in [9.17, 15) is 4.79 Å². The molecule has 1 atom stereocenters. The summed E-state index contributed by atoms with van der Waals surface area (Å²) < 4.78 is 5.53. The molecule has 23 heavy (non-hydrogen) atoms. The van der Waals surface area contributed by atoms with Crippen molar-refractivity contribution in [1.29, 1.82) is 0 Å². The largest absolute Gasteiger partial charge is 0.376 e. The minimum Gasteiger partial charge on any atom is -0.376 e. The summed E-state index contributed by atoms with van der Waals surface area (Å²) in [6.45, 7) is 5.49. The van der Waals surface area contributed by atoms with Gasteiger partial charge in [-0.15, -0.1) is 0 Å². The van der Waals surface area contributed by atoms with Crippen LogP contribution < -0.4 is 5.32 Å². The Morgan fingerprint density at radius 1 is 1.30 bits per heavy atom. The summed E-state index contributed by atoms with van der Waals surface area (Å²) in [4.78, 5) is 16.6. The Balaban J connectivity index is 1.76. The van der Waals surface area contributed by atoms with Crippen molar-refractivity contribution < 1.29 is 9.53 Å². The molecule has 1 unspecified atom stereocenters. The number of aromatic nitrogens is 1. The first-order valence-electron chi connectivity index (χ1n) is 8.06. The molecular formula is C19H22N2O2. The Kier molecular flexibility index (Phi) is 4.72.